The van der Waals surface area contributed by atoms with Gasteiger partial charge in [-0.05, 0) is 56.6 Å². The largest absolute Gasteiger partial charge is 0.490 e. The van der Waals surface area contributed by atoms with Crippen LogP contribution in [0.25, 0.3) is 0 Å². The van der Waals surface area contributed by atoms with Crippen molar-refractivity contribution in [1.82, 2.24) is 10.2 Å². The molecule has 7 heteroatoms. The normalized spacial score (nSPS) is 36.4. The number of carbonyl (C=O) groups excluding carboxylic acids is 2. The molecule has 31 heavy (non-hydrogen) atoms. The van der Waals surface area contributed by atoms with Gasteiger partial charge in [0.2, 0.25) is 11.8 Å². The van der Waals surface area contributed by atoms with E-state index in [1.54, 1.807) is 0 Å². The second-order valence-corrected chi connectivity index (χ2v) is 9.53. The van der Waals surface area contributed by atoms with Gasteiger partial charge in [-0.3, -0.25) is 9.59 Å². The number of ether oxygens (including phenoxy) is 3. The van der Waals surface area contributed by atoms with Crippen LogP contribution in [0.5, 0.6) is 5.75 Å². The Morgan fingerprint density at radius 3 is 2.74 bits per heavy atom. The van der Waals surface area contributed by atoms with E-state index in [9.17, 15) is 9.59 Å². The van der Waals surface area contributed by atoms with Crippen LogP contribution in [0, 0.1) is 0 Å². The molecular weight excluding hydrogens is 396 g/mol. The Morgan fingerprint density at radius 2 is 1.94 bits per heavy atom. The second kappa shape index (κ2) is 8.43. The van der Waals surface area contributed by atoms with Gasteiger partial charge in [0.25, 0.3) is 0 Å². The summed E-state index contributed by atoms with van der Waals surface area (Å²) in [6.45, 7) is 3.48. The Hall–Kier alpha value is -2.12. The predicted octanol–water partition coefficient (Wildman–Crippen LogP) is 2.39. The summed E-state index contributed by atoms with van der Waals surface area (Å²) < 4.78 is 18.3. The standard InChI is InChI=1S/C24H32N2O5/c1-16-12-23(28)26-11-10-24(15-29-14-22(27)25-24)21(26)13-30-18-8-6-17(7-9-18)19-4-2-3-5-20(19)31-16/h2-5,16-18,21H,6-15H2,1H3,(H,25,27)/t16-,17-,18+,21+,24-/m0/s1. The maximum Gasteiger partial charge on any atom is 0.246 e. The molecule has 1 N–H and O–H groups in total. The molecule has 6 rings (SSSR count). The molecule has 3 atom stereocenters. The number of rotatable bonds is 0. The number of benzene rings is 1. The first-order valence-corrected chi connectivity index (χ1v) is 11.6. The van der Waals surface area contributed by atoms with Crippen molar-refractivity contribution in [2.75, 3.05) is 26.4 Å². The molecule has 2 bridgehead atoms. The van der Waals surface area contributed by atoms with Crippen LogP contribution in [0.15, 0.2) is 24.3 Å². The summed E-state index contributed by atoms with van der Waals surface area (Å²) >= 11 is 0. The minimum absolute atomic E-state index is 0.0393. The van der Waals surface area contributed by atoms with E-state index in [1.807, 2.05) is 24.0 Å². The monoisotopic (exact) mass is 428 g/mol. The summed E-state index contributed by atoms with van der Waals surface area (Å²) in [6.07, 6.45) is 5.04. The topological polar surface area (TPSA) is 77.1 Å². The van der Waals surface area contributed by atoms with Gasteiger partial charge in [0, 0.05) is 6.54 Å². The Morgan fingerprint density at radius 1 is 1.13 bits per heavy atom. The van der Waals surface area contributed by atoms with Gasteiger partial charge >= 0.3 is 0 Å². The quantitative estimate of drug-likeness (QED) is 0.687. The molecule has 0 unspecified atom stereocenters. The van der Waals surface area contributed by atoms with E-state index < -0.39 is 5.54 Å². The lowest BCUT2D eigenvalue weighted by Crippen LogP contribution is -2.65. The number of nitrogens with one attached hydrogen (secondary N) is 1. The molecule has 1 aromatic rings. The zero-order chi connectivity index (χ0) is 21.4. The number of hydrogen-bond donors (Lipinski definition) is 1. The third-order valence-corrected chi connectivity index (χ3v) is 7.43. The van der Waals surface area contributed by atoms with E-state index in [1.165, 1.54) is 5.56 Å². The maximum atomic E-state index is 13.3. The van der Waals surface area contributed by atoms with Gasteiger partial charge in [0.05, 0.1) is 37.3 Å². The van der Waals surface area contributed by atoms with E-state index in [2.05, 4.69) is 17.4 Å². The van der Waals surface area contributed by atoms with Gasteiger partial charge in [-0.15, -0.1) is 0 Å². The average molecular weight is 429 g/mol. The van der Waals surface area contributed by atoms with Crippen LogP contribution in [0.4, 0.5) is 0 Å². The van der Waals surface area contributed by atoms with E-state index in [0.717, 1.165) is 31.4 Å². The minimum atomic E-state index is -0.560. The molecule has 3 fully saturated rings. The zero-order valence-corrected chi connectivity index (χ0v) is 18.2. The molecule has 2 amide bonds. The summed E-state index contributed by atoms with van der Waals surface area (Å²) in [5.74, 6) is 1.28. The maximum absolute atomic E-state index is 13.3. The van der Waals surface area contributed by atoms with Gasteiger partial charge in [-0.25, -0.2) is 0 Å². The van der Waals surface area contributed by atoms with Gasteiger partial charge in [0.15, 0.2) is 0 Å². The van der Waals surface area contributed by atoms with Crippen LogP contribution in [0.2, 0.25) is 0 Å². The Bertz CT molecular complexity index is 837. The van der Waals surface area contributed by atoms with Crippen molar-refractivity contribution in [2.45, 2.75) is 75.2 Å². The molecule has 2 saturated heterocycles. The Balaban J connectivity index is 1.43. The number of carbonyl (C=O) groups is 2. The lowest BCUT2D eigenvalue weighted by Gasteiger charge is -2.42. The van der Waals surface area contributed by atoms with E-state index in [-0.39, 0.29) is 36.7 Å². The Kier molecular flexibility index (Phi) is 5.65. The van der Waals surface area contributed by atoms with Crippen molar-refractivity contribution < 1.29 is 23.8 Å². The molecule has 1 aromatic carbocycles. The first-order chi connectivity index (χ1) is 15.0. The molecular formula is C24H32N2O5. The molecule has 5 aliphatic rings. The third-order valence-electron chi connectivity index (χ3n) is 7.43. The molecule has 1 aliphatic carbocycles. The molecule has 1 spiro atoms. The second-order valence-electron chi connectivity index (χ2n) is 9.53. The van der Waals surface area contributed by atoms with Crippen LogP contribution >= 0.6 is 0 Å². The number of morpholine rings is 1. The zero-order valence-electron chi connectivity index (χ0n) is 18.2. The van der Waals surface area contributed by atoms with Gasteiger partial charge in [0.1, 0.15) is 18.5 Å². The molecule has 7 nitrogen and oxygen atoms in total. The molecule has 1 saturated carbocycles. The van der Waals surface area contributed by atoms with Crippen molar-refractivity contribution in [3.05, 3.63) is 29.8 Å². The fraction of sp³-hybridized carbons (Fsp3) is 0.667. The molecule has 168 valence electrons. The van der Waals surface area contributed by atoms with E-state index >= 15 is 0 Å². The summed E-state index contributed by atoms with van der Waals surface area (Å²) in [5, 5.41) is 3.14. The molecule has 0 aromatic heterocycles. The van der Waals surface area contributed by atoms with Crippen LogP contribution in [0.1, 0.15) is 56.9 Å². The van der Waals surface area contributed by atoms with Gasteiger partial charge in [-0.2, -0.15) is 0 Å². The Labute approximate surface area is 183 Å². The van der Waals surface area contributed by atoms with Crippen LogP contribution in [-0.4, -0.2) is 66.9 Å². The molecule has 0 radical (unpaired) electrons. The summed E-state index contributed by atoms with van der Waals surface area (Å²) in [6, 6.07) is 8.03. The van der Waals surface area contributed by atoms with Gasteiger partial charge in [-0.1, -0.05) is 18.2 Å². The molecule has 4 aliphatic heterocycles. The van der Waals surface area contributed by atoms with Crippen LogP contribution < -0.4 is 10.1 Å². The van der Waals surface area contributed by atoms with Crippen molar-refractivity contribution in [1.29, 1.82) is 0 Å². The predicted molar refractivity (Wildman–Crippen MR) is 114 cm³/mol. The first-order valence-electron chi connectivity index (χ1n) is 11.6. The highest BCUT2D eigenvalue weighted by Gasteiger charge is 2.52. The van der Waals surface area contributed by atoms with Crippen LogP contribution in [-0.2, 0) is 19.1 Å². The number of hydrogen-bond acceptors (Lipinski definition) is 5. The van der Waals surface area contributed by atoms with Crippen molar-refractivity contribution in [3.63, 3.8) is 0 Å². The highest BCUT2D eigenvalue weighted by Crippen LogP contribution is 2.40. The first kappa shape index (κ1) is 20.8. The van der Waals surface area contributed by atoms with E-state index in [0.29, 0.717) is 38.5 Å². The number of nitrogens with zero attached hydrogens (tertiary/aromatic N) is 1. The average Bonchev–Trinajstić information content (AvgIpc) is 3.09. The lowest BCUT2D eigenvalue weighted by atomic mass is 9.82. The fourth-order valence-electron chi connectivity index (χ4n) is 5.79. The molecule has 4 heterocycles. The highest BCUT2D eigenvalue weighted by atomic mass is 16.5. The summed E-state index contributed by atoms with van der Waals surface area (Å²) in [5.41, 5.74) is 0.688. The van der Waals surface area contributed by atoms with Crippen molar-refractivity contribution in [3.8, 4) is 5.75 Å². The number of fused-ring (bicyclic) bond motifs is 6. The van der Waals surface area contributed by atoms with Crippen LogP contribution in [0.3, 0.4) is 0 Å². The summed E-state index contributed by atoms with van der Waals surface area (Å²) in [7, 11) is 0. The summed E-state index contributed by atoms with van der Waals surface area (Å²) in [4.78, 5) is 27.3. The third kappa shape index (κ3) is 4.05. The lowest BCUT2D eigenvalue weighted by molar-refractivity contribution is -0.144. The SMILES string of the molecule is C[C@H]1CC(=O)N2CC[C@]3(COCC(=O)N3)[C@H]2CO[C@H]2CC[C@H](CC2)c2ccccc2O1. The fourth-order valence-corrected chi connectivity index (χ4v) is 5.79. The number of para-hydroxylation sites is 1. The minimum Gasteiger partial charge on any atom is -0.490 e. The van der Waals surface area contributed by atoms with Gasteiger partial charge < -0.3 is 24.4 Å². The van der Waals surface area contributed by atoms with Crippen molar-refractivity contribution in [2.24, 2.45) is 0 Å². The highest BCUT2D eigenvalue weighted by molar-refractivity contribution is 5.81. The van der Waals surface area contributed by atoms with E-state index in [4.69, 9.17) is 14.2 Å². The number of amides is 2. The van der Waals surface area contributed by atoms with Crippen molar-refractivity contribution >= 4 is 11.8 Å². The smallest absolute Gasteiger partial charge is 0.246 e.